The lowest BCUT2D eigenvalue weighted by Crippen LogP contribution is -2.35. The first-order chi connectivity index (χ1) is 27.5. The van der Waals surface area contributed by atoms with Gasteiger partial charge in [0.15, 0.2) is 0 Å². The number of amides is 4. The van der Waals surface area contributed by atoms with E-state index in [0.717, 1.165) is 46.8 Å². The Hall–Kier alpha value is -7.08. The summed E-state index contributed by atoms with van der Waals surface area (Å²) in [5.74, 6) is -2.11. The quantitative estimate of drug-likeness (QED) is 0.0620. The van der Waals surface area contributed by atoms with Crippen LogP contribution in [0.25, 0.3) is 0 Å². The maximum Gasteiger partial charge on any atom is 0.519 e. The van der Waals surface area contributed by atoms with Crippen LogP contribution in [0.2, 0.25) is 0 Å². The minimum atomic E-state index is -1.01. The molecule has 0 radical (unpaired) electrons. The second-order valence-electron chi connectivity index (χ2n) is 13.8. The molecule has 7 rings (SSSR count). The molecule has 0 unspecified atom stereocenters. The molecule has 0 spiro atoms. The zero-order valence-corrected chi connectivity index (χ0v) is 31.5. The first-order valence-corrected chi connectivity index (χ1v) is 18.4. The molecule has 2 aliphatic rings. The van der Waals surface area contributed by atoms with Gasteiger partial charge in [0.2, 0.25) is 5.91 Å². The Kier molecular flexibility index (Phi) is 10.7. The van der Waals surface area contributed by atoms with E-state index in [-0.39, 0.29) is 50.7 Å². The average molecular weight is 767 g/mol. The highest BCUT2D eigenvalue weighted by Crippen LogP contribution is 2.45. The Labute approximate surface area is 328 Å². The van der Waals surface area contributed by atoms with E-state index in [2.05, 4.69) is 12.1 Å². The standard InChI is InChI=1S/C45H38N2O10/c1-28(48)46(33-9-7-11-37(26-33)55-29(2)49)41(50)30-13-22-39-40(25-30)43(52)47(42(39)51)34-10-8-12-38(27-34)57-44(53)56-36-20-16-32(17-21-36)45(23-5-4-6-24-45)31-14-18-35(54-3)19-15-31/h7-22,25-27H,4-6,23-24H2,1-3H3. The van der Waals surface area contributed by atoms with E-state index in [0.29, 0.717) is 0 Å². The van der Waals surface area contributed by atoms with Gasteiger partial charge in [-0.05, 0) is 90.7 Å². The second-order valence-corrected chi connectivity index (χ2v) is 13.8. The lowest BCUT2D eigenvalue weighted by atomic mass is 9.65. The van der Waals surface area contributed by atoms with E-state index in [1.807, 2.05) is 24.3 Å². The highest BCUT2D eigenvalue weighted by atomic mass is 16.7. The zero-order chi connectivity index (χ0) is 40.3. The molecule has 12 heteroatoms. The van der Waals surface area contributed by atoms with E-state index in [1.165, 1.54) is 92.6 Å². The predicted molar refractivity (Wildman–Crippen MR) is 209 cm³/mol. The number of carbonyl (C=O) groups excluding carboxylic acids is 6. The molecule has 1 aliphatic heterocycles. The molecule has 12 nitrogen and oxygen atoms in total. The number of rotatable bonds is 9. The summed E-state index contributed by atoms with van der Waals surface area (Å²) in [5, 5.41) is 0. The highest BCUT2D eigenvalue weighted by molar-refractivity contribution is 6.35. The van der Waals surface area contributed by atoms with Gasteiger partial charge in [-0.1, -0.05) is 55.7 Å². The number of carbonyl (C=O) groups is 6. The minimum absolute atomic E-state index is 0.0234. The van der Waals surface area contributed by atoms with Crippen molar-refractivity contribution in [2.45, 2.75) is 51.4 Å². The molecule has 0 aromatic heterocycles. The molecule has 4 amide bonds. The molecular weight excluding hydrogens is 728 g/mol. The van der Waals surface area contributed by atoms with Crippen molar-refractivity contribution in [2.24, 2.45) is 0 Å². The normalized spacial score (nSPS) is 14.3. The van der Waals surface area contributed by atoms with E-state index >= 15 is 0 Å². The number of hydrogen-bond acceptors (Lipinski definition) is 10. The number of benzene rings is 5. The molecule has 0 saturated heterocycles. The van der Waals surface area contributed by atoms with Crippen LogP contribution >= 0.6 is 0 Å². The first kappa shape index (κ1) is 38.2. The number of esters is 1. The molecule has 5 aromatic rings. The van der Waals surface area contributed by atoms with E-state index in [9.17, 15) is 28.8 Å². The van der Waals surface area contributed by atoms with E-state index in [1.54, 1.807) is 19.2 Å². The van der Waals surface area contributed by atoms with Gasteiger partial charge in [-0.3, -0.25) is 24.0 Å². The van der Waals surface area contributed by atoms with Crippen LogP contribution in [0.15, 0.2) is 115 Å². The molecule has 1 saturated carbocycles. The number of fused-ring (bicyclic) bond motifs is 1. The summed E-state index contributed by atoms with van der Waals surface area (Å²) < 4.78 is 21.4. The molecule has 1 heterocycles. The summed E-state index contributed by atoms with van der Waals surface area (Å²) in [6.45, 7) is 2.42. The number of ether oxygens (including phenoxy) is 4. The zero-order valence-electron chi connectivity index (χ0n) is 31.5. The maximum atomic E-state index is 13.7. The van der Waals surface area contributed by atoms with Crippen LogP contribution < -0.4 is 28.7 Å². The van der Waals surface area contributed by atoms with Gasteiger partial charge in [-0.2, -0.15) is 0 Å². The first-order valence-electron chi connectivity index (χ1n) is 18.4. The number of methoxy groups -OCH3 is 1. The largest absolute Gasteiger partial charge is 0.519 e. The van der Waals surface area contributed by atoms with Gasteiger partial charge in [0, 0.05) is 37.0 Å². The van der Waals surface area contributed by atoms with Gasteiger partial charge >= 0.3 is 12.1 Å². The molecule has 288 valence electrons. The van der Waals surface area contributed by atoms with Crippen LogP contribution in [0, 0.1) is 0 Å². The van der Waals surface area contributed by atoms with Crippen LogP contribution in [-0.4, -0.2) is 42.9 Å². The molecular formula is C45H38N2O10. The lowest BCUT2D eigenvalue weighted by Gasteiger charge is -2.38. The third-order valence-corrected chi connectivity index (χ3v) is 10.2. The van der Waals surface area contributed by atoms with Crippen molar-refractivity contribution < 1.29 is 47.7 Å². The Balaban J connectivity index is 1.04. The van der Waals surface area contributed by atoms with Gasteiger partial charge in [0.1, 0.15) is 23.0 Å². The third kappa shape index (κ3) is 7.75. The number of anilines is 2. The Morgan fingerprint density at radius 1 is 0.614 bits per heavy atom. The summed E-state index contributed by atoms with van der Waals surface area (Å²) in [7, 11) is 1.65. The predicted octanol–water partition coefficient (Wildman–Crippen LogP) is 8.44. The van der Waals surface area contributed by atoms with Crippen molar-refractivity contribution in [3.63, 3.8) is 0 Å². The Morgan fingerprint density at radius 2 is 1.21 bits per heavy atom. The van der Waals surface area contributed by atoms with Gasteiger partial charge in [-0.15, -0.1) is 0 Å². The smallest absolute Gasteiger partial charge is 0.497 e. The fourth-order valence-electron chi connectivity index (χ4n) is 7.58. The number of imide groups is 2. The van der Waals surface area contributed by atoms with Crippen molar-refractivity contribution in [2.75, 3.05) is 16.9 Å². The molecule has 0 atom stereocenters. The topological polar surface area (TPSA) is 146 Å². The Bertz CT molecular complexity index is 2400. The number of nitrogens with zero attached hydrogens (tertiary/aromatic N) is 2. The summed E-state index contributed by atoms with van der Waals surface area (Å²) >= 11 is 0. The van der Waals surface area contributed by atoms with Gasteiger partial charge in [0.25, 0.3) is 17.7 Å². The average Bonchev–Trinajstić information content (AvgIpc) is 3.46. The number of hydrogen-bond donors (Lipinski definition) is 0. The SMILES string of the molecule is COc1ccc(C2(c3ccc(OC(=O)Oc4cccc(N5C(=O)c6ccc(C(=O)N(C(C)=O)c7cccc(OC(C)=O)c7)cc6C5=O)c4)cc3)CCCCC2)cc1. The van der Waals surface area contributed by atoms with Crippen LogP contribution in [0.5, 0.6) is 23.0 Å². The summed E-state index contributed by atoms with van der Waals surface area (Å²) in [6, 6.07) is 31.3. The maximum absolute atomic E-state index is 13.7. The molecule has 0 N–H and O–H groups in total. The fourth-order valence-corrected chi connectivity index (χ4v) is 7.58. The van der Waals surface area contributed by atoms with Crippen LogP contribution in [0.4, 0.5) is 16.2 Å². The van der Waals surface area contributed by atoms with Crippen molar-refractivity contribution >= 4 is 47.1 Å². The highest BCUT2D eigenvalue weighted by Gasteiger charge is 2.39. The van der Waals surface area contributed by atoms with Gasteiger partial charge in [0.05, 0.1) is 29.6 Å². The van der Waals surface area contributed by atoms with Crippen molar-refractivity contribution in [3.05, 3.63) is 143 Å². The molecule has 1 aliphatic carbocycles. The second kappa shape index (κ2) is 16.0. The summed E-state index contributed by atoms with van der Waals surface area (Å²) in [4.78, 5) is 79.7. The fraction of sp³-hybridized carbons (Fsp3) is 0.200. The van der Waals surface area contributed by atoms with Gasteiger partial charge < -0.3 is 18.9 Å². The third-order valence-electron chi connectivity index (χ3n) is 10.2. The summed E-state index contributed by atoms with van der Waals surface area (Å²) in [5.41, 5.74) is 2.38. The molecule has 1 fully saturated rings. The lowest BCUT2D eigenvalue weighted by molar-refractivity contribution is -0.131. The summed E-state index contributed by atoms with van der Waals surface area (Å²) in [6.07, 6.45) is 4.37. The Morgan fingerprint density at radius 3 is 1.84 bits per heavy atom. The van der Waals surface area contributed by atoms with Crippen molar-refractivity contribution in [1.29, 1.82) is 0 Å². The molecule has 57 heavy (non-hydrogen) atoms. The van der Waals surface area contributed by atoms with Gasteiger partial charge in [-0.25, -0.2) is 14.6 Å². The van der Waals surface area contributed by atoms with Crippen LogP contribution in [0.1, 0.15) is 88.2 Å². The van der Waals surface area contributed by atoms with Crippen LogP contribution in [0.3, 0.4) is 0 Å². The van der Waals surface area contributed by atoms with Crippen LogP contribution in [-0.2, 0) is 15.0 Å². The van der Waals surface area contributed by atoms with E-state index in [4.69, 9.17) is 18.9 Å². The van der Waals surface area contributed by atoms with Crippen molar-refractivity contribution in [1.82, 2.24) is 0 Å². The molecule has 0 bridgehead atoms. The van der Waals surface area contributed by atoms with Crippen molar-refractivity contribution in [3.8, 4) is 23.0 Å². The minimum Gasteiger partial charge on any atom is -0.497 e. The molecule has 5 aromatic carbocycles. The monoisotopic (exact) mass is 766 g/mol. The van der Waals surface area contributed by atoms with E-state index < -0.39 is 35.8 Å².